The molecule has 4 rings (SSSR count). The van der Waals surface area contributed by atoms with Gasteiger partial charge in [-0.15, -0.1) is 10.2 Å². The fourth-order valence-electron chi connectivity index (χ4n) is 3.14. The molecule has 0 bridgehead atoms. The van der Waals surface area contributed by atoms with E-state index in [-0.39, 0.29) is 11.7 Å². The van der Waals surface area contributed by atoms with Gasteiger partial charge in [-0.1, -0.05) is 30.8 Å². The van der Waals surface area contributed by atoms with Crippen LogP contribution in [0.2, 0.25) is 0 Å². The highest BCUT2D eigenvalue weighted by molar-refractivity contribution is 7.99. The monoisotopic (exact) mass is 385 g/mol. The maximum atomic E-state index is 13.5. The summed E-state index contributed by atoms with van der Waals surface area (Å²) in [5.74, 6) is 1.33. The van der Waals surface area contributed by atoms with Crippen molar-refractivity contribution in [1.29, 1.82) is 0 Å². The van der Waals surface area contributed by atoms with E-state index in [0.29, 0.717) is 33.7 Å². The number of halogens is 1. The summed E-state index contributed by atoms with van der Waals surface area (Å²) in [6.07, 6.45) is 2.14. The maximum Gasteiger partial charge on any atom is 0.232 e. The average molecular weight is 385 g/mol. The standard InChI is InChI=1S/C19H20FN5OS/c1-13-7-9-24(10-8-13)18(26)12-27-17-6-5-16-21-22-19(25(16)23-17)14-3-2-4-15(20)11-14/h2-6,11,13H,7-10,12H2,1H3. The number of nitrogens with zero attached hydrogens (tertiary/aromatic N) is 5. The minimum atomic E-state index is -0.337. The van der Waals surface area contributed by atoms with Crippen molar-refractivity contribution in [2.45, 2.75) is 24.8 Å². The SMILES string of the molecule is CC1CCN(C(=O)CSc2ccc3nnc(-c4cccc(F)c4)n3n2)CC1. The van der Waals surface area contributed by atoms with Crippen molar-refractivity contribution >= 4 is 23.3 Å². The number of hydrogen-bond acceptors (Lipinski definition) is 5. The number of fused-ring (bicyclic) bond motifs is 1. The van der Waals surface area contributed by atoms with Gasteiger partial charge in [-0.3, -0.25) is 4.79 Å². The first-order valence-corrected chi connectivity index (χ1v) is 9.98. The Kier molecular flexibility index (Phi) is 5.07. The molecule has 1 fully saturated rings. The van der Waals surface area contributed by atoms with Gasteiger partial charge in [0, 0.05) is 18.7 Å². The minimum absolute atomic E-state index is 0.142. The Balaban J connectivity index is 1.50. The summed E-state index contributed by atoms with van der Waals surface area (Å²) in [7, 11) is 0. The quantitative estimate of drug-likeness (QED) is 0.645. The van der Waals surface area contributed by atoms with Crippen molar-refractivity contribution in [3.63, 3.8) is 0 Å². The second-order valence-corrected chi connectivity index (χ2v) is 7.82. The van der Waals surface area contributed by atoms with Crippen molar-refractivity contribution in [1.82, 2.24) is 24.7 Å². The topological polar surface area (TPSA) is 63.4 Å². The van der Waals surface area contributed by atoms with Crippen LogP contribution in [0.1, 0.15) is 19.8 Å². The number of rotatable bonds is 4. The van der Waals surface area contributed by atoms with Gasteiger partial charge in [-0.2, -0.15) is 9.61 Å². The summed E-state index contributed by atoms with van der Waals surface area (Å²) >= 11 is 1.40. The molecular weight excluding hydrogens is 365 g/mol. The summed E-state index contributed by atoms with van der Waals surface area (Å²) in [6, 6.07) is 9.81. The van der Waals surface area contributed by atoms with Gasteiger partial charge in [-0.25, -0.2) is 4.39 Å². The van der Waals surface area contributed by atoms with E-state index in [1.54, 1.807) is 22.7 Å². The number of carbonyl (C=O) groups is 1. The van der Waals surface area contributed by atoms with Gasteiger partial charge in [-0.05, 0) is 43.0 Å². The molecule has 1 aromatic carbocycles. The van der Waals surface area contributed by atoms with Crippen LogP contribution in [0.5, 0.6) is 0 Å². The van der Waals surface area contributed by atoms with E-state index in [2.05, 4.69) is 22.2 Å². The predicted molar refractivity (Wildman–Crippen MR) is 102 cm³/mol. The van der Waals surface area contributed by atoms with Crippen molar-refractivity contribution in [2.75, 3.05) is 18.8 Å². The van der Waals surface area contributed by atoms with Crippen molar-refractivity contribution in [3.05, 3.63) is 42.2 Å². The number of benzene rings is 1. The molecule has 2 aromatic heterocycles. The zero-order valence-electron chi connectivity index (χ0n) is 15.0. The molecule has 3 heterocycles. The second kappa shape index (κ2) is 7.64. The van der Waals surface area contributed by atoms with Crippen LogP contribution in [-0.4, -0.2) is 49.5 Å². The molecule has 1 aliphatic heterocycles. The number of hydrogen-bond donors (Lipinski definition) is 0. The maximum absolute atomic E-state index is 13.5. The van der Waals surface area contributed by atoms with E-state index in [4.69, 9.17) is 0 Å². The van der Waals surface area contributed by atoms with Crippen LogP contribution in [0.15, 0.2) is 41.4 Å². The van der Waals surface area contributed by atoms with Gasteiger partial charge in [0.15, 0.2) is 11.5 Å². The molecule has 1 aliphatic rings. The molecular formula is C19H20FN5OS. The third-order valence-corrected chi connectivity index (χ3v) is 5.71. The smallest absolute Gasteiger partial charge is 0.232 e. The van der Waals surface area contributed by atoms with Crippen LogP contribution in [0.4, 0.5) is 4.39 Å². The number of carbonyl (C=O) groups excluding carboxylic acids is 1. The highest BCUT2D eigenvalue weighted by Gasteiger charge is 2.20. The van der Waals surface area contributed by atoms with Gasteiger partial charge < -0.3 is 4.90 Å². The Labute approximate surface area is 160 Å². The fraction of sp³-hybridized carbons (Fsp3) is 0.368. The highest BCUT2D eigenvalue weighted by Crippen LogP contribution is 2.22. The zero-order valence-corrected chi connectivity index (χ0v) is 15.8. The molecule has 0 N–H and O–H groups in total. The molecule has 0 saturated carbocycles. The predicted octanol–water partition coefficient (Wildman–Crippen LogP) is 3.28. The molecule has 8 heteroatoms. The third-order valence-electron chi connectivity index (χ3n) is 4.80. The largest absolute Gasteiger partial charge is 0.342 e. The van der Waals surface area contributed by atoms with Crippen molar-refractivity contribution < 1.29 is 9.18 Å². The van der Waals surface area contributed by atoms with Crippen molar-refractivity contribution in [3.8, 4) is 11.4 Å². The van der Waals surface area contributed by atoms with Crippen LogP contribution in [-0.2, 0) is 4.79 Å². The molecule has 0 atom stereocenters. The molecule has 3 aromatic rings. The summed E-state index contributed by atoms with van der Waals surface area (Å²) in [6.45, 7) is 3.90. The fourth-order valence-corrected chi connectivity index (χ4v) is 3.90. The van der Waals surface area contributed by atoms with Gasteiger partial charge in [0.2, 0.25) is 5.91 Å². The molecule has 140 valence electrons. The van der Waals surface area contributed by atoms with Crippen LogP contribution < -0.4 is 0 Å². The zero-order chi connectivity index (χ0) is 18.8. The summed E-state index contributed by atoms with van der Waals surface area (Å²) < 4.78 is 15.1. The molecule has 1 amide bonds. The van der Waals surface area contributed by atoms with Crippen molar-refractivity contribution in [2.24, 2.45) is 5.92 Å². The molecule has 0 unspecified atom stereocenters. The molecule has 6 nitrogen and oxygen atoms in total. The van der Waals surface area contributed by atoms with Gasteiger partial charge in [0.05, 0.1) is 5.75 Å². The van der Waals surface area contributed by atoms with Crippen LogP contribution in [0, 0.1) is 11.7 Å². The molecule has 0 aliphatic carbocycles. The number of piperidine rings is 1. The van der Waals surface area contributed by atoms with Gasteiger partial charge >= 0.3 is 0 Å². The van der Waals surface area contributed by atoms with Gasteiger partial charge in [0.1, 0.15) is 10.8 Å². The lowest BCUT2D eigenvalue weighted by molar-refractivity contribution is -0.129. The third kappa shape index (κ3) is 3.95. The second-order valence-electron chi connectivity index (χ2n) is 6.83. The first kappa shape index (κ1) is 17.9. The summed E-state index contributed by atoms with van der Waals surface area (Å²) in [4.78, 5) is 14.4. The van der Waals surface area contributed by atoms with Crippen LogP contribution in [0.3, 0.4) is 0 Å². The minimum Gasteiger partial charge on any atom is -0.342 e. The normalized spacial score (nSPS) is 15.4. The highest BCUT2D eigenvalue weighted by atomic mass is 32.2. The van der Waals surface area contributed by atoms with E-state index >= 15 is 0 Å². The molecule has 0 spiro atoms. The van der Waals surface area contributed by atoms with E-state index in [9.17, 15) is 9.18 Å². The molecule has 0 radical (unpaired) electrons. The Morgan fingerprint density at radius 2 is 2.04 bits per heavy atom. The Morgan fingerprint density at radius 3 is 2.81 bits per heavy atom. The first-order valence-electron chi connectivity index (χ1n) is 8.99. The molecule has 1 saturated heterocycles. The summed E-state index contributed by atoms with van der Waals surface area (Å²) in [5, 5.41) is 13.4. The van der Waals surface area contributed by atoms with Crippen LogP contribution in [0.25, 0.3) is 17.0 Å². The number of thioether (sulfide) groups is 1. The van der Waals surface area contributed by atoms with Gasteiger partial charge in [0.25, 0.3) is 0 Å². The van der Waals surface area contributed by atoms with E-state index < -0.39 is 0 Å². The summed E-state index contributed by atoms with van der Waals surface area (Å²) in [5.41, 5.74) is 1.19. The Morgan fingerprint density at radius 1 is 1.22 bits per heavy atom. The Hall–Kier alpha value is -2.48. The Bertz CT molecular complexity index is 968. The number of likely N-dealkylation sites (tertiary alicyclic amines) is 1. The van der Waals surface area contributed by atoms with E-state index in [1.165, 1.54) is 23.9 Å². The lowest BCUT2D eigenvalue weighted by atomic mass is 9.99. The van der Waals surface area contributed by atoms with E-state index in [1.807, 2.05) is 11.0 Å². The lowest BCUT2D eigenvalue weighted by Crippen LogP contribution is -2.38. The molecule has 27 heavy (non-hydrogen) atoms. The van der Waals surface area contributed by atoms with E-state index in [0.717, 1.165) is 25.9 Å². The lowest BCUT2D eigenvalue weighted by Gasteiger charge is -2.30. The average Bonchev–Trinajstić information content (AvgIpc) is 3.10. The number of aromatic nitrogens is 4. The van der Waals surface area contributed by atoms with Crippen LogP contribution >= 0.6 is 11.8 Å². The first-order chi connectivity index (χ1) is 13.1. The number of amides is 1.